The third-order valence-electron chi connectivity index (χ3n) is 10.2. The number of benzene rings is 8. The van der Waals surface area contributed by atoms with Gasteiger partial charge in [-0.15, -0.1) is 0 Å². The molecule has 4 heteroatoms. The summed E-state index contributed by atoms with van der Waals surface area (Å²) < 4.78 is 0. The predicted molar refractivity (Wildman–Crippen MR) is 223 cm³/mol. The van der Waals surface area contributed by atoms with Crippen LogP contribution in [0, 0.1) is 0 Å². The van der Waals surface area contributed by atoms with Crippen molar-refractivity contribution in [3.05, 3.63) is 194 Å². The summed E-state index contributed by atoms with van der Waals surface area (Å²) in [6, 6.07) is 65.6. The van der Waals surface area contributed by atoms with Gasteiger partial charge >= 0.3 is 0 Å². The van der Waals surface area contributed by atoms with E-state index in [0.717, 1.165) is 61.0 Å². The molecule has 10 aromatic rings. The molecule has 0 saturated carbocycles. The molecule has 4 nitrogen and oxygen atoms in total. The van der Waals surface area contributed by atoms with Crippen molar-refractivity contribution in [2.75, 3.05) is 0 Å². The average molecular weight is 689 g/mol. The van der Waals surface area contributed by atoms with Crippen LogP contribution in [0.25, 0.3) is 100.0 Å². The van der Waals surface area contributed by atoms with Crippen LogP contribution in [0.2, 0.25) is 0 Å². The molecule has 10 rings (SSSR count). The van der Waals surface area contributed by atoms with Crippen molar-refractivity contribution in [2.45, 2.75) is 0 Å². The molecule has 0 N–H and O–H groups in total. The molecule has 2 aromatic heterocycles. The van der Waals surface area contributed by atoms with Crippen molar-refractivity contribution in [1.82, 2.24) is 19.9 Å². The molecule has 0 bridgehead atoms. The third kappa shape index (κ3) is 5.58. The lowest BCUT2D eigenvalue weighted by Gasteiger charge is -2.21. The Kier molecular flexibility index (Phi) is 7.77. The highest BCUT2D eigenvalue weighted by atomic mass is 15.0. The van der Waals surface area contributed by atoms with E-state index in [0.29, 0.717) is 17.5 Å². The van der Waals surface area contributed by atoms with Gasteiger partial charge in [0.05, 0.1) is 5.69 Å². The third-order valence-corrected chi connectivity index (χ3v) is 10.2. The lowest BCUT2D eigenvalue weighted by molar-refractivity contribution is 1.07. The zero-order chi connectivity index (χ0) is 35.8. The van der Waals surface area contributed by atoms with Crippen molar-refractivity contribution in [2.24, 2.45) is 0 Å². The highest BCUT2D eigenvalue weighted by Gasteiger charge is 2.24. The van der Waals surface area contributed by atoms with Crippen molar-refractivity contribution < 1.29 is 0 Å². The fourth-order valence-corrected chi connectivity index (χ4v) is 7.61. The SMILES string of the molecule is c1ccc(-c2cc(-c3nc(-c4ccccc4)nc(-c4ccccc4)n3)c(-c3nccc4ccccc34)c(-c3cc4ccccc4c4ccccc34)c2)cc1. The fraction of sp³-hybridized carbons (Fsp3) is 0. The summed E-state index contributed by atoms with van der Waals surface area (Å²) in [5, 5.41) is 6.93. The first kappa shape index (κ1) is 31.4. The van der Waals surface area contributed by atoms with E-state index in [4.69, 9.17) is 19.9 Å². The van der Waals surface area contributed by atoms with Crippen molar-refractivity contribution in [3.8, 4) is 67.7 Å². The van der Waals surface area contributed by atoms with Gasteiger partial charge in [0.1, 0.15) is 0 Å². The van der Waals surface area contributed by atoms with E-state index >= 15 is 0 Å². The van der Waals surface area contributed by atoms with Gasteiger partial charge in [-0.2, -0.15) is 0 Å². The fourth-order valence-electron chi connectivity index (χ4n) is 7.61. The molecule has 0 atom stereocenters. The molecule has 54 heavy (non-hydrogen) atoms. The van der Waals surface area contributed by atoms with Gasteiger partial charge in [0.15, 0.2) is 17.5 Å². The molecule has 8 aromatic carbocycles. The number of hydrogen-bond acceptors (Lipinski definition) is 4. The highest BCUT2D eigenvalue weighted by Crippen LogP contribution is 2.47. The van der Waals surface area contributed by atoms with Gasteiger partial charge in [-0.25, -0.2) is 15.0 Å². The standard InChI is InChI=1S/C50H32N4/c1-4-16-33(17-5-1)38-31-44(43-30-37-23-11-12-24-39(37)41-26-14-15-27-42(41)43)46(47-40-25-13-10-18-34(40)28-29-51-47)45(32-38)50-53-48(35-19-6-2-7-20-35)52-49(54-50)36-21-8-3-9-22-36/h1-32H. The molecule has 0 amide bonds. The Labute approximate surface area is 313 Å². The summed E-state index contributed by atoms with van der Waals surface area (Å²) in [6.45, 7) is 0. The van der Waals surface area contributed by atoms with Crippen molar-refractivity contribution in [1.29, 1.82) is 0 Å². The van der Waals surface area contributed by atoms with E-state index < -0.39 is 0 Å². The number of rotatable bonds is 6. The number of fused-ring (bicyclic) bond motifs is 4. The molecule has 0 radical (unpaired) electrons. The van der Waals surface area contributed by atoms with Crippen LogP contribution in [0.15, 0.2) is 194 Å². The molecule has 0 aliphatic heterocycles. The summed E-state index contributed by atoms with van der Waals surface area (Å²) in [7, 11) is 0. The zero-order valence-corrected chi connectivity index (χ0v) is 29.3. The molecule has 0 saturated heterocycles. The first-order chi connectivity index (χ1) is 26.8. The van der Waals surface area contributed by atoms with Crippen LogP contribution in [0.5, 0.6) is 0 Å². The monoisotopic (exact) mass is 688 g/mol. The van der Waals surface area contributed by atoms with Crippen LogP contribution in [0.3, 0.4) is 0 Å². The molecule has 2 heterocycles. The second-order valence-electron chi connectivity index (χ2n) is 13.4. The number of aromatic nitrogens is 4. The van der Waals surface area contributed by atoms with E-state index in [9.17, 15) is 0 Å². The van der Waals surface area contributed by atoms with Crippen LogP contribution in [-0.4, -0.2) is 19.9 Å². The second-order valence-corrected chi connectivity index (χ2v) is 13.4. The summed E-state index contributed by atoms with van der Waals surface area (Å²) in [6.07, 6.45) is 1.91. The van der Waals surface area contributed by atoms with Crippen LogP contribution in [-0.2, 0) is 0 Å². The van der Waals surface area contributed by atoms with E-state index in [1.165, 1.54) is 21.5 Å². The first-order valence-electron chi connectivity index (χ1n) is 18.1. The van der Waals surface area contributed by atoms with E-state index in [-0.39, 0.29) is 0 Å². The lowest BCUT2D eigenvalue weighted by atomic mass is 9.84. The average Bonchev–Trinajstić information content (AvgIpc) is 3.26. The molecule has 0 aliphatic carbocycles. The van der Waals surface area contributed by atoms with Crippen molar-refractivity contribution >= 4 is 32.3 Å². The first-order valence-corrected chi connectivity index (χ1v) is 18.1. The van der Waals surface area contributed by atoms with E-state index in [2.05, 4.69) is 127 Å². The molecule has 0 spiro atoms. The minimum absolute atomic E-state index is 0.580. The Bertz CT molecular complexity index is 2910. The van der Waals surface area contributed by atoms with Gasteiger partial charge in [0, 0.05) is 33.8 Å². The van der Waals surface area contributed by atoms with E-state index in [1.54, 1.807) is 0 Å². The number of nitrogens with zero attached hydrogens (tertiary/aromatic N) is 4. The minimum atomic E-state index is 0.580. The summed E-state index contributed by atoms with van der Waals surface area (Å²) >= 11 is 0. The molecule has 0 fully saturated rings. The van der Waals surface area contributed by atoms with Crippen LogP contribution >= 0.6 is 0 Å². The highest BCUT2D eigenvalue weighted by molar-refractivity contribution is 6.16. The molecular weight excluding hydrogens is 657 g/mol. The topological polar surface area (TPSA) is 51.6 Å². The Morgan fingerprint density at radius 3 is 1.46 bits per heavy atom. The number of hydrogen-bond donors (Lipinski definition) is 0. The maximum atomic E-state index is 5.30. The quantitative estimate of drug-likeness (QED) is 0.163. The van der Waals surface area contributed by atoms with Gasteiger partial charge in [-0.3, -0.25) is 4.98 Å². The molecule has 252 valence electrons. The van der Waals surface area contributed by atoms with Crippen LogP contribution in [0.1, 0.15) is 0 Å². The van der Waals surface area contributed by atoms with Gasteiger partial charge in [-0.05, 0) is 73.5 Å². The van der Waals surface area contributed by atoms with Crippen LogP contribution in [0.4, 0.5) is 0 Å². The Morgan fingerprint density at radius 2 is 0.796 bits per heavy atom. The van der Waals surface area contributed by atoms with Gasteiger partial charge in [0.2, 0.25) is 0 Å². The maximum Gasteiger partial charge on any atom is 0.164 e. The molecular formula is C50H32N4. The lowest BCUT2D eigenvalue weighted by Crippen LogP contribution is -2.03. The summed E-state index contributed by atoms with van der Waals surface area (Å²) in [4.78, 5) is 20.8. The van der Waals surface area contributed by atoms with Gasteiger partial charge in [0.25, 0.3) is 0 Å². The Balaban J connectivity index is 1.39. The van der Waals surface area contributed by atoms with Crippen LogP contribution < -0.4 is 0 Å². The predicted octanol–water partition coefficient (Wildman–Crippen LogP) is 12.7. The maximum absolute atomic E-state index is 5.30. The molecule has 0 aliphatic rings. The smallest absolute Gasteiger partial charge is 0.164 e. The minimum Gasteiger partial charge on any atom is -0.256 e. The summed E-state index contributed by atoms with van der Waals surface area (Å²) in [5.41, 5.74) is 8.89. The van der Waals surface area contributed by atoms with Gasteiger partial charge in [-0.1, -0.05) is 164 Å². The Hall–Kier alpha value is -7.30. The normalized spacial score (nSPS) is 11.3. The molecule has 0 unspecified atom stereocenters. The largest absolute Gasteiger partial charge is 0.256 e. The van der Waals surface area contributed by atoms with Crippen molar-refractivity contribution in [3.63, 3.8) is 0 Å². The Morgan fingerprint density at radius 1 is 0.296 bits per heavy atom. The van der Waals surface area contributed by atoms with Gasteiger partial charge < -0.3 is 0 Å². The zero-order valence-electron chi connectivity index (χ0n) is 29.3. The van der Waals surface area contributed by atoms with E-state index in [1.807, 2.05) is 66.9 Å². The summed E-state index contributed by atoms with van der Waals surface area (Å²) in [5.74, 6) is 1.80. The number of pyridine rings is 1. The second kappa shape index (κ2) is 13.4.